The largest absolute Gasteiger partial charge is 0.404 e. The summed E-state index contributed by atoms with van der Waals surface area (Å²) in [6.07, 6.45) is -4.69. The van der Waals surface area contributed by atoms with Crippen LogP contribution in [0.1, 0.15) is 23.7 Å². The third-order valence-electron chi connectivity index (χ3n) is 4.77. The van der Waals surface area contributed by atoms with Gasteiger partial charge < -0.3 is 9.84 Å². The first-order valence-corrected chi connectivity index (χ1v) is 8.71. The van der Waals surface area contributed by atoms with Crippen LogP contribution < -0.4 is 5.32 Å². The van der Waals surface area contributed by atoms with Gasteiger partial charge in [0.2, 0.25) is 11.8 Å². The maximum atomic E-state index is 13.8. The highest BCUT2D eigenvalue weighted by Gasteiger charge is 2.62. The average molecular weight is 382 g/mol. The molecule has 1 atom stereocenters. The molecular weight excluding hydrogens is 361 g/mol. The summed E-state index contributed by atoms with van der Waals surface area (Å²) in [5.74, 6) is -0.275. The fourth-order valence-electron chi connectivity index (χ4n) is 3.30. The number of aryl methyl sites for hydroxylation is 1. The summed E-state index contributed by atoms with van der Waals surface area (Å²) in [4.78, 5) is 18.1. The van der Waals surface area contributed by atoms with Gasteiger partial charge in [-0.2, -0.15) is 18.2 Å². The summed E-state index contributed by atoms with van der Waals surface area (Å²) in [5.41, 5.74) is -1.48. The van der Waals surface area contributed by atoms with Gasteiger partial charge >= 0.3 is 6.18 Å². The molecule has 1 N–H and O–H groups in total. The van der Waals surface area contributed by atoms with Crippen LogP contribution in [0.4, 0.5) is 13.2 Å². The van der Waals surface area contributed by atoms with Crippen LogP contribution in [-0.2, 0) is 17.8 Å². The first-order chi connectivity index (χ1) is 12.8. The van der Waals surface area contributed by atoms with E-state index in [4.69, 9.17) is 4.52 Å². The van der Waals surface area contributed by atoms with E-state index in [-0.39, 0.29) is 38.4 Å². The Morgan fingerprint density at radius 1 is 1.33 bits per heavy atom. The van der Waals surface area contributed by atoms with Gasteiger partial charge in [-0.05, 0) is 25.5 Å². The lowest BCUT2D eigenvalue weighted by atomic mass is 9.85. The summed E-state index contributed by atoms with van der Waals surface area (Å²) in [7, 11) is 0. The van der Waals surface area contributed by atoms with Crippen molar-refractivity contribution in [2.24, 2.45) is 5.41 Å². The van der Waals surface area contributed by atoms with E-state index in [1.54, 1.807) is 11.8 Å². The molecule has 0 saturated carbocycles. The molecule has 1 aliphatic heterocycles. The van der Waals surface area contributed by atoms with Gasteiger partial charge in [0.15, 0.2) is 11.2 Å². The Balaban J connectivity index is 1.63. The molecule has 1 aromatic heterocycles. The number of alkyl halides is 3. The van der Waals surface area contributed by atoms with Crippen LogP contribution in [-0.4, -0.2) is 46.8 Å². The number of nitrogens with one attached hydrogen (secondary N) is 1. The zero-order chi connectivity index (χ0) is 19.5. The zero-order valence-corrected chi connectivity index (χ0v) is 14.9. The average Bonchev–Trinajstić information content (AvgIpc) is 3.22. The molecule has 0 aliphatic carbocycles. The number of hydrogen-bond acceptors (Lipinski definition) is 5. The normalized spacial score (nSPS) is 20.7. The molecule has 1 amide bonds. The van der Waals surface area contributed by atoms with Crippen molar-refractivity contribution in [3.8, 4) is 0 Å². The van der Waals surface area contributed by atoms with Crippen molar-refractivity contribution in [1.82, 2.24) is 20.4 Å². The topological polar surface area (TPSA) is 71.3 Å². The SMILES string of the molecule is Cc1noc(CCNC(=O)C2(C(F)(F)F)CCN(Cc3ccccc3)C2)n1. The molecule has 1 saturated heterocycles. The molecule has 2 heterocycles. The second kappa shape index (κ2) is 7.67. The maximum absolute atomic E-state index is 13.8. The van der Waals surface area contributed by atoms with Crippen LogP contribution in [0.3, 0.4) is 0 Å². The summed E-state index contributed by atoms with van der Waals surface area (Å²) in [6, 6.07) is 9.26. The number of amides is 1. The molecular formula is C18H21F3N4O2. The fourth-order valence-corrected chi connectivity index (χ4v) is 3.30. The molecule has 27 heavy (non-hydrogen) atoms. The minimum absolute atomic E-state index is 0.0109. The Labute approximate surface area is 154 Å². The smallest absolute Gasteiger partial charge is 0.355 e. The monoisotopic (exact) mass is 382 g/mol. The molecule has 1 aliphatic rings. The lowest BCUT2D eigenvalue weighted by Gasteiger charge is -2.30. The summed E-state index contributed by atoms with van der Waals surface area (Å²) >= 11 is 0. The van der Waals surface area contributed by atoms with Crippen LogP contribution in [0.2, 0.25) is 0 Å². The van der Waals surface area contributed by atoms with E-state index in [1.807, 2.05) is 30.3 Å². The standard InChI is InChI=1S/C18H21F3N4O2/c1-13-23-15(27-24-13)7-9-22-16(26)17(18(19,20)21)8-10-25(12-17)11-14-5-3-2-4-6-14/h2-6H,7-12H2,1H3,(H,22,26). The van der Waals surface area contributed by atoms with Crippen molar-refractivity contribution in [3.63, 3.8) is 0 Å². The molecule has 2 aromatic rings. The van der Waals surface area contributed by atoms with Gasteiger partial charge in [0, 0.05) is 26.1 Å². The minimum Gasteiger partial charge on any atom is -0.355 e. The second-order valence-electron chi connectivity index (χ2n) is 6.77. The Bertz CT molecular complexity index is 778. The fraction of sp³-hybridized carbons (Fsp3) is 0.500. The predicted octanol–water partition coefficient (Wildman–Crippen LogP) is 2.49. The molecule has 1 unspecified atom stereocenters. The summed E-state index contributed by atoms with van der Waals surface area (Å²) < 4.78 is 46.3. The van der Waals surface area contributed by atoms with Gasteiger partial charge in [-0.1, -0.05) is 35.5 Å². The van der Waals surface area contributed by atoms with E-state index in [0.717, 1.165) is 5.56 Å². The number of nitrogens with zero attached hydrogens (tertiary/aromatic N) is 3. The van der Waals surface area contributed by atoms with Crippen LogP contribution in [0.25, 0.3) is 0 Å². The number of rotatable bonds is 6. The zero-order valence-electron chi connectivity index (χ0n) is 14.9. The van der Waals surface area contributed by atoms with E-state index >= 15 is 0 Å². The highest BCUT2D eigenvalue weighted by atomic mass is 19.4. The lowest BCUT2D eigenvalue weighted by molar-refractivity contribution is -0.218. The van der Waals surface area contributed by atoms with Gasteiger partial charge in [-0.25, -0.2) is 0 Å². The van der Waals surface area contributed by atoms with Gasteiger partial charge in [-0.3, -0.25) is 9.69 Å². The first-order valence-electron chi connectivity index (χ1n) is 8.71. The van der Waals surface area contributed by atoms with Crippen LogP contribution in [0.15, 0.2) is 34.9 Å². The van der Waals surface area contributed by atoms with Crippen molar-refractivity contribution in [3.05, 3.63) is 47.6 Å². The highest BCUT2D eigenvalue weighted by Crippen LogP contribution is 2.46. The van der Waals surface area contributed by atoms with E-state index in [9.17, 15) is 18.0 Å². The minimum atomic E-state index is -4.62. The predicted molar refractivity (Wildman–Crippen MR) is 90.6 cm³/mol. The number of hydrogen-bond donors (Lipinski definition) is 1. The van der Waals surface area contributed by atoms with Crippen molar-refractivity contribution in [2.45, 2.75) is 32.5 Å². The molecule has 0 bridgehead atoms. The van der Waals surface area contributed by atoms with Crippen LogP contribution in [0, 0.1) is 12.3 Å². The van der Waals surface area contributed by atoms with Gasteiger partial charge in [0.25, 0.3) is 0 Å². The van der Waals surface area contributed by atoms with Gasteiger partial charge in [0.05, 0.1) is 0 Å². The van der Waals surface area contributed by atoms with Gasteiger partial charge in [0.1, 0.15) is 0 Å². The van der Waals surface area contributed by atoms with Crippen LogP contribution >= 0.6 is 0 Å². The summed E-state index contributed by atoms with van der Waals surface area (Å²) in [5, 5.41) is 6.01. The number of benzene rings is 1. The summed E-state index contributed by atoms with van der Waals surface area (Å²) in [6.45, 7) is 1.90. The molecule has 0 radical (unpaired) electrons. The molecule has 0 spiro atoms. The Morgan fingerprint density at radius 2 is 2.07 bits per heavy atom. The molecule has 6 nitrogen and oxygen atoms in total. The second-order valence-corrected chi connectivity index (χ2v) is 6.77. The highest BCUT2D eigenvalue weighted by molar-refractivity contribution is 5.84. The Kier molecular flexibility index (Phi) is 5.50. The molecule has 9 heteroatoms. The molecule has 1 aromatic carbocycles. The molecule has 3 rings (SSSR count). The number of carbonyl (C=O) groups excluding carboxylic acids is 1. The van der Waals surface area contributed by atoms with E-state index in [1.165, 1.54) is 0 Å². The first kappa shape index (κ1) is 19.3. The van der Waals surface area contributed by atoms with E-state index in [2.05, 4.69) is 15.5 Å². The van der Waals surface area contributed by atoms with Gasteiger partial charge in [-0.15, -0.1) is 0 Å². The van der Waals surface area contributed by atoms with Crippen LogP contribution in [0.5, 0.6) is 0 Å². The van der Waals surface area contributed by atoms with Crippen molar-refractivity contribution in [2.75, 3.05) is 19.6 Å². The number of carbonyl (C=O) groups is 1. The van der Waals surface area contributed by atoms with Crippen molar-refractivity contribution < 1.29 is 22.5 Å². The van der Waals surface area contributed by atoms with Crippen molar-refractivity contribution >= 4 is 5.91 Å². The van der Waals surface area contributed by atoms with E-state index in [0.29, 0.717) is 12.4 Å². The third kappa shape index (κ3) is 4.29. The van der Waals surface area contributed by atoms with E-state index < -0.39 is 17.5 Å². The quantitative estimate of drug-likeness (QED) is 0.831. The maximum Gasteiger partial charge on any atom is 0.404 e. The molecule has 146 valence electrons. The van der Waals surface area contributed by atoms with Crippen molar-refractivity contribution in [1.29, 1.82) is 0 Å². The lowest BCUT2D eigenvalue weighted by Crippen LogP contribution is -2.52. The number of likely N-dealkylation sites (tertiary alicyclic amines) is 1. The Morgan fingerprint density at radius 3 is 2.70 bits per heavy atom. The number of halogens is 3. The Hall–Kier alpha value is -2.42. The third-order valence-corrected chi connectivity index (χ3v) is 4.77. The number of aromatic nitrogens is 2. The molecule has 1 fully saturated rings.